The summed E-state index contributed by atoms with van der Waals surface area (Å²) in [5, 5.41) is 0.859. The van der Waals surface area contributed by atoms with Gasteiger partial charge in [0.1, 0.15) is 11.3 Å². The third-order valence-corrected chi connectivity index (χ3v) is 4.05. The Labute approximate surface area is 141 Å². The van der Waals surface area contributed by atoms with E-state index in [9.17, 15) is 9.59 Å². The molecule has 1 aromatic heterocycles. The molecule has 0 atom stereocenters. The molecule has 3 aromatic rings. The van der Waals surface area contributed by atoms with E-state index in [0.29, 0.717) is 16.9 Å². The van der Waals surface area contributed by atoms with Crippen LogP contribution in [0.1, 0.15) is 33.4 Å². The first kappa shape index (κ1) is 15.5. The number of carbonyl (C=O) groups excluding carboxylic acids is 2. The van der Waals surface area contributed by atoms with Crippen molar-refractivity contribution in [1.82, 2.24) is 0 Å². The minimum absolute atomic E-state index is 0.0402. The second-order valence-electron chi connectivity index (χ2n) is 5.17. The van der Waals surface area contributed by atoms with Gasteiger partial charge in [0.2, 0.25) is 5.76 Å². The number of carbonyl (C=O) groups is 2. The molecule has 0 amide bonds. The van der Waals surface area contributed by atoms with Gasteiger partial charge in [-0.2, -0.15) is 0 Å². The summed E-state index contributed by atoms with van der Waals surface area (Å²) in [6.07, 6.45) is 0. The normalized spacial score (nSPS) is 10.7. The molecule has 0 spiro atoms. The number of fused-ring (bicyclic) bond motifs is 1. The molecular formula is C18H13BrO4. The van der Waals surface area contributed by atoms with Crippen LogP contribution in [0.25, 0.3) is 11.0 Å². The molecule has 0 radical (unpaired) electrons. The first-order chi connectivity index (χ1) is 11.0. The summed E-state index contributed by atoms with van der Waals surface area (Å²) in [5.74, 6) is -0.0678. The van der Waals surface area contributed by atoms with Crippen molar-refractivity contribution in [3.63, 3.8) is 0 Å². The Hall–Kier alpha value is -2.40. The standard InChI is InChI=1S/C18H13BrO4/c1-10-15-9-13(19)5-8-16(15)23-17(10)18(21)22-14-6-3-12(4-7-14)11(2)20/h3-9H,1-2H3. The zero-order valence-electron chi connectivity index (χ0n) is 12.6. The molecule has 0 fully saturated rings. The van der Waals surface area contributed by atoms with Crippen LogP contribution in [0, 0.1) is 6.92 Å². The summed E-state index contributed by atoms with van der Waals surface area (Å²) in [7, 11) is 0. The van der Waals surface area contributed by atoms with E-state index in [1.54, 1.807) is 30.3 Å². The molecule has 116 valence electrons. The van der Waals surface area contributed by atoms with E-state index < -0.39 is 5.97 Å². The second kappa shape index (κ2) is 6.01. The zero-order valence-corrected chi connectivity index (χ0v) is 14.1. The third-order valence-electron chi connectivity index (χ3n) is 3.56. The number of ether oxygens (including phenoxy) is 1. The Bertz CT molecular complexity index is 907. The van der Waals surface area contributed by atoms with Crippen LogP contribution >= 0.6 is 15.9 Å². The average Bonchev–Trinajstić information content (AvgIpc) is 2.85. The fourth-order valence-electron chi connectivity index (χ4n) is 2.30. The lowest BCUT2D eigenvalue weighted by Gasteiger charge is -2.03. The van der Waals surface area contributed by atoms with Crippen molar-refractivity contribution in [3.05, 3.63) is 63.8 Å². The highest BCUT2D eigenvalue weighted by Gasteiger charge is 2.20. The van der Waals surface area contributed by atoms with Crippen LogP contribution in [0.5, 0.6) is 5.75 Å². The Morgan fingerprint density at radius 3 is 2.43 bits per heavy atom. The largest absolute Gasteiger partial charge is 0.449 e. The van der Waals surface area contributed by atoms with Crippen LogP contribution in [-0.4, -0.2) is 11.8 Å². The first-order valence-electron chi connectivity index (χ1n) is 6.97. The fraction of sp³-hybridized carbons (Fsp3) is 0.111. The predicted octanol–water partition coefficient (Wildman–Crippen LogP) is 4.93. The Kier molecular flexibility index (Phi) is 4.05. The highest BCUT2D eigenvalue weighted by molar-refractivity contribution is 9.10. The van der Waals surface area contributed by atoms with Crippen molar-refractivity contribution < 1.29 is 18.7 Å². The number of hydrogen-bond donors (Lipinski definition) is 0. The zero-order chi connectivity index (χ0) is 16.6. The molecule has 0 aliphatic carbocycles. The van der Waals surface area contributed by atoms with E-state index in [1.165, 1.54) is 6.92 Å². The Balaban J connectivity index is 1.88. The van der Waals surface area contributed by atoms with Gasteiger partial charge in [0.15, 0.2) is 5.78 Å². The van der Waals surface area contributed by atoms with Crippen LogP contribution in [0.3, 0.4) is 0 Å². The van der Waals surface area contributed by atoms with E-state index in [1.807, 2.05) is 19.1 Å². The number of hydrogen-bond acceptors (Lipinski definition) is 4. The molecule has 0 saturated carbocycles. The fourth-order valence-corrected chi connectivity index (χ4v) is 2.66. The lowest BCUT2D eigenvalue weighted by atomic mass is 10.1. The van der Waals surface area contributed by atoms with Crippen molar-refractivity contribution in [2.24, 2.45) is 0 Å². The van der Waals surface area contributed by atoms with Gasteiger partial charge in [-0.1, -0.05) is 15.9 Å². The van der Waals surface area contributed by atoms with Crippen molar-refractivity contribution in [1.29, 1.82) is 0 Å². The number of rotatable bonds is 3. The summed E-state index contributed by atoms with van der Waals surface area (Å²) in [6, 6.07) is 12.0. The van der Waals surface area contributed by atoms with E-state index in [0.717, 1.165) is 15.4 Å². The number of halogens is 1. The average molecular weight is 373 g/mol. The minimum atomic E-state index is -0.564. The smallest absolute Gasteiger partial charge is 0.379 e. The van der Waals surface area contributed by atoms with E-state index >= 15 is 0 Å². The van der Waals surface area contributed by atoms with Gasteiger partial charge >= 0.3 is 5.97 Å². The maximum absolute atomic E-state index is 12.3. The second-order valence-corrected chi connectivity index (χ2v) is 6.08. The molecule has 1 heterocycles. The number of benzene rings is 2. The van der Waals surface area contributed by atoms with Crippen LogP contribution in [-0.2, 0) is 0 Å². The van der Waals surface area contributed by atoms with Gasteiger partial charge in [0.25, 0.3) is 0 Å². The van der Waals surface area contributed by atoms with E-state index in [2.05, 4.69) is 15.9 Å². The number of Topliss-reactive ketones (excluding diaryl/α,β-unsaturated/α-hetero) is 1. The van der Waals surface area contributed by atoms with E-state index in [-0.39, 0.29) is 11.5 Å². The number of ketones is 1. The van der Waals surface area contributed by atoms with Crippen LogP contribution < -0.4 is 4.74 Å². The van der Waals surface area contributed by atoms with Gasteiger partial charge in [-0.15, -0.1) is 0 Å². The van der Waals surface area contributed by atoms with Crippen LogP contribution in [0.15, 0.2) is 51.4 Å². The molecule has 0 unspecified atom stereocenters. The summed E-state index contributed by atoms with van der Waals surface area (Å²) in [4.78, 5) is 23.6. The molecule has 3 rings (SSSR count). The molecule has 4 nitrogen and oxygen atoms in total. The van der Waals surface area contributed by atoms with Gasteiger partial charge in [-0.25, -0.2) is 4.79 Å². The predicted molar refractivity (Wildman–Crippen MR) is 90.1 cm³/mol. The summed E-state index contributed by atoms with van der Waals surface area (Å²) < 4.78 is 11.8. The maximum atomic E-state index is 12.3. The molecule has 0 N–H and O–H groups in total. The van der Waals surface area contributed by atoms with Crippen molar-refractivity contribution in [2.45, 2.75) is 13.8 Å². The maximum Gasteiger partial charge on any atom is 0.379 e. The minimum Gasteiger partial charge on any atom is -0.449 e. The molecule has 0 saturated heterocycles. The summed E-state index contributed by atoms with van der Waals surface area (Å²) in [6.45, 7) is 3.30. The van der Waals surface area contributed by atoms with Crippen LogP contribution in [0.2, 0.25) is 0 Å². The quantitative estimate of drug-likeness (QED) is 0.371. The van der Waals surface area contributed by atoms with Crippen LogP contribution in [0.4, 0.5) is 0 Å². The Morgan fingerprint density at radius 1 is 1.09 bits per heavy atom. The van der Waals surface area contributed by atoms with E-state index in [4.69, 9.17) is 9.15 Å². The first-order valence-corrected chi connectivity index (χ1v) is 7.77. The Morgan fingerprint density at radius 2 is 1.78 bits per heavy atom. The monoisotopic (exact) mass is 372 g/mol. The lowest BCUT2D eigenvalue weighted by Crippen LogP contribution is -2.08. The SMILES string of the molecule is CC(=O)c1ccc(OC(=O)c2oc3ccc(Br)cc3c2C)cc1. The molecule has 0 bridgehead atoms. The number of furan rings is 1. The van der Waals surface area contributed by atoms with Crippen molar-refractivity contribution in [3.8, 4) is 5.75 Å². The molecule has 2 aromatic carbocycles. The molecular weight excluding hydrogens is 360 g/mol. The highest BCUT2D eigenvalue weighted by atomic mass is 79.9. The lowest BCUT2D eigenvalue weighted by molar-refractivity contribution is 0.0703. The third kappa shape index (κ3) is 3.05. The number of esters is 1. The van der Waals surface area contributed by atoms with Crippen molar-refractivity contribution in [2.75, 3.05) is 0 Å². The number of aryl methyl sites for hydroxylation is 1. The summed E-state index contributed by atoms with van der Waals surface area (Å²) >= 11 is 3.40. The molecule has 0 aliphatic heterocycles. The van der Waals surface area contributed by atoms with Gasteiger partial charge in [-0.3, -0.25) is 4.79 Å². The topological polar surface area (TPSA) is 56.5 Å². The van der Waals surface area contributed by atoms with Gasteiger partial charge in [0, 0.05) is 21.0 Å². The van der Waals surface area contributed by atoms with Gasteiger partial charge < -0.3 is 9.15 Å². The molecule has 0 aliphatic rings. The molecule has 23 heavy (non-hydrogen) atoms. The van der Waals surface area contributed by atoms with Crippen molar-refractivity contribution >= 4 is 38.7 Å². The van der Waals surface area contributed by atoms with Gasteiger partial charge in [0.05, 0.1) is 0 Å². The summed E-state index contributed by atoms with van der Waals surface area (Å²) in [5.41, 5.74) is 1.92. The highest BCUT2D eigenvalue weighted by Crippen LogP contribution is 2.29. The molecule has 5 heteroatoms. The van der Waals surface area contributed by atoms with Gasteiger partial charge in [-0.05, 0) is 56.3 Å².